The lowest BCUT2D eigenvalue weighted by atomic mass is 9.92. The molecule has 100 valence electrons. The fourth-order valence-electron chi connectivity index (χ4n) is 1.98. The van der Waals surface area contributed by atoms with Crippen LogP contribution < -0.4 is 5.32 Å². The van der Waals surface area contributed by atoms with Crippen molar-refractivity contribution < 1.29 is 9.50 Å². The predicted molar refractivity (Wildman–Crippen MR) is 75.6 cm³/mol. The van der Waals surface area contributed by atoms with E-state index >= 15 is 0 Å². The first-order valence-corrected chi connectivity index (χ1v) is 6.26. The second-order valence-corrected chi connectivity index (χ2v) is 4.96. The standard InChI is InChI=1S/C16H18FNO/c1-12-7-9-13(10-8-12)16(2,11-19)18-15-6-4-3-5-14(15)17/h3-10,18-19H,11H2,1-2H3. The Hall–Kier alpha value is -1.87. The maximum absolute atomic E-state index is 13.7. The highest BCUT2D eigenvalue weighted by Gasteiger charge is 2.26. The third kappa shape index (κ3) is 2.93. The first kappa shape index (κ1) is 13.6. The Labute approximate surface area is 112 Å². The summed E-state index contributed by atoms with van der Waals surface area (Å²) in [6.07, 6.45) is 0. The van der Waals surface area contributed by atoms with Gasteiger partial charge in [0.25, 0.3) is 0 Å². The summed E-state index contributed by atoms with van der Waals surface area (Å²) in [7, 11) is 0. The van der Waals surface area contributed by atoms with Gasteiger partial charge in [-0.1, -0.05) is 42.0 Å². The van der Waals surface area contributed by atoms with Crippen molar-refractivity contribution in [1.82, 2.24) is 0 Å². The van der Waals surface area contributed by atoms with Gasteiger partial charge in [0.1, 0.15) is 5.82 Å². The normalized spacial score (nSPS) is 13.9. The fourth-order valence-corrected chi connectivity index (χ4v) is 1.98. The lowest BCUT2D eigenvalue weighted by Crippen LogP contribution is -2.36. The fraction of sp³-hybridized carbons (Fsp3) is 0.250. The van der Waals surface area contributed by atoms with Gasteiger partial charge in [0.2, 0.25) is 0 Å². The predicted octanol–water partition coefficient (Wildman–Crippen LogP) is 3.45. The molecule has 0 aliphatic rings. The number of para-hydroxylation sites is 1. The van der Waals surface area contributed by atoms with E-state index in [9.17, 15) is 9.50 Å². The number of hydrogen-bond acceptors (Lipinski definition) is 2. The summed E-state index contributed by atoms with van der Waals surface area (Å²) in [4.78, 5) is 0. The number of aliphatic hydroxyl groups excluding tert-OH is 1. The van der Waals surface area contributed by atoms with E-state index in [4.69, 9.17) is 0 Å². The topological polar surface area (TPSA) is 32.3 Å². The van der Waals surface area contributed by atoms with Crippen molar-refractivity contribution in [2.45, 2.75) is 19.4 Å². The molecule has 0 saturated carbocycles. The number of benzene rings is 2. The van der Waals surface area contributed by atoms with Crippen LogP contribution in [0, 0.1) is 12.7 Å². The quantitative estimate of drug-likeness (QED) is 0.881. The van der Waals surface area contributed by atoms with E-state index in [1.165, 1.54) is 6.07 Å². The molecule has 1 unspecified atom stereocenters. The minimum Gasteiger partial charge on any atom is -0.394 e. The van der Waals surface area contributed by atoms with Gasteiger partial charge in [-0.05, 0) is 31.5 Å². The molecule has 2 aromatic carbocycles. The van der Waals surface area contributed by atoms with E-state index in [2.05, 4.69) is 5.32 Å². The average Bonchev–Trinajstić information content (AvgIpc) is 2.42. The molecule has 2 nitrogen and oxygen atoms in total. The van der Waals surface area contributed by atoms with E-state index in [1.54, 1.807) is 18.2 Å². The number of anilines is 1. The molecule has 0 fully saturated rings. The summed E-state index contributed by atoms with van der Waals surface area (Å²) in [5.74, 6) is -0.325. The largest absolute Gasteiger partial charge is 0.394 e. The summed E-state index contributed by atoms with van der Waals surface area (Å²) < 4.78 is 13.7. The highest BCUT2D eigenvalue weighted by Crippen LogP contribution is 2.27. The molecule has 0 bridgehead atoms. The summed E-state index contributed by atoms with van der Waals surface area (Å²) >= 11 is 0. The van der Waals surface area contributed by atoms with Gasteiger partial charge in [-0.3, -0.25) is 0 Å². The lowest BCUT2D eigenvalue weighted by Gasteiger charge is -2.30. The van der Waals surface area contributed by atoms with Crippen LogP contribution in [-0.4, -0.2) is 11.7 Å². The van der Waals surface area contributed by atoms with Crippen LogP contribution >= 0.6 is 0 Å². The lowest BCUT2D eigenvalue weighted by molar-refractivity contribution is 0.223. The number of halogens is 1. The van der Waals surface area contributed by atoms with Gasteiger partial charge in [-0.2, -0.15) is 0 Å². The molecule has 0 aliphatic heterocycles. The van der Waals surface area contributed by atoms with Crippen LogP contribution in [0.1, 0.15) is 18.1 Å². The van der Waals surface area contributed by atoms with E-state index in [0.29, 0.717) is 5.69 Å². The van der Waals surface area contributed by atoms with E-state index in [-0.39, 0.29) is 12.4 Å². The van der Waals surface area contributed by atoms with Gasteiger partial charge >= 0.3 is 0 Å². The molecular formula is C16H18FNO. The molecule has 0 heterocycles. The molecule has 0 radical (unpaired) electrons. The summed E-state index contributed by atoms with van der Waals surface area (Å²) in [6.45, 7) is 3.73. The minimum atomic E-state index is -0.712. The van der Waals surface area contributed by atoms with Crippen LogP contribution in [-0.2, 0) is 5.54 Å². The molecule has 0 amide bonds. The highest BCUT2D eigenvalue weighted by atomic mass is 19.1. The number of aryl methyl sites for hydroxylation is 1. The first-order valence-electron chi connectivity index (χ1n) is 6.26. The third-order valence-corrected chi connectivity index (χ3v) is 3.29. The monoisotopic (exact) mass is 259 g/mol. The van der Waals surface area contributed by atoms with E-state index in [0.717, 1.165) is 11.1 Å². The maximum atomic E-state index is 13.7. The van der Waals surface area contributed by atoms with Crippen LogP contribution in [0.2, 0.25) is 0 Å². The molecule has 2 aromatic rings. The highest BCUT2D eigenvalue weighted by molar-refractivity contribution is 5.49. The molecular weight excluding hydrogens is 241 g/mol. The number of nitrogens with one attached hydrogen (secondary N) is 1. The molecule has 0 aliphatic carbocycles. The van der Waals surface area contributed by atoms with Crippen LogP contribution in [0.5, 0.6) is 0 Å². The Morgan fingerprint density at radius 2 is 1.74 bits per heavy atom. The van der Waals surface area contributed by atoms with Crippen LogP contribution in [0.3, 0.4) is 0 Å². The second-order valence-electron chi connectivity index (χ2n) is 4.96. The molecule has 2 rings (SSSR count). The summed E-state index contributed by atoms with van der Waals surface area (Å²) in [5.41, 5.74) is 1.74. The zero-order valence-electron chi connectivity index (χ0n) is 11.2. The molecule has 0 aromatic heterocycles. The van der Waals surface area contributed by atoms with Gasteiger partial charge in [0, 0.05) is 0 Å². The third-order valence-electron chi connectivity index (χ3n) is 3.29. The summed E-state index contributed by atoms with van der Waals surface area (Å²) in [6, 6.07) is 14.3. The molecule has 0 spiro atoms. The smallest absolute Gasteiger partial charge is 0.146 e. The number of hydrogen-bond donors (Lipinski definition) is 2. The molecule has 1 atom stereocenters. The Morgan fingerprint density at radius 1 is 1.11 bits per heavy atom. The van der Waals surface area contributed by atoms with Gasteiger partial charge < -0.3 is 10.4 Å². The van der Waals surface area contributed by atoms with E-state index < -0.39 is 5.54 Å². The zero-order valence-corrected chi connectivity index (χ0v) is 11.2. The maximum Gasteiger partial charge on any atom is 0.146 e. The first-order chi connectivity index (χ1) is 9.05. The van der Waals surface area contributed by atoms with Gasteiger partial charge in [-0.15, -0.1) is 0 Å². The number of aliphatic hydroxyl groups is 1. The zero-order chi connectivity index (χ0) is 13.9. The number of rotatable bonds is 4. The SMILES string of the molecule is Cc1ccc(C(C)(CO)Nc2ccccc2F)cc1. The Morgan fingerprint density at radius 3 is 2.32 bits per heavy atom. The molecule has 0 saturated heterocycles. The Bertz CT molecular complexity index is 553. The van der Waals surface area contributed by atoms with Crippen LogP contribution in [0.25, 0.3) is 0 Å². The van der Waals surface area contributed by atoms with Crippen molar-refractivity contribution >= 4 is 5.69 Å². The van der Waals surface area contributed by atoms with Gasteiger partial charge in [-0.25, -0.2) is 4.39 Å². The molecule has 19 heavy (non-hydrogen) atoms. The molecule has 3 heteroatoms. The Kier molecular flexibility index (Phi) is 3.86. The van der Waals surface area contributed by atoms with Crippen molar-refractivity contribution in [1.29, 1.82) is 0 Å². The van der Waals surface area contributed by atoms with Gasteiger partial charge in [0.15, 0.2) is 0 Å². The second kappa shape index (κ2) is 5.41. The Balaban J connectivity index is 2.33. The van der Waals surface area contributed by atoms with Crippen LogP contribution in [0.15, 0.2) is 48.5 Å². The van der Waals surface area contributed by atoms with Crippen molar-refractivity contribution in [3.63, 3.8) is 0 Å². The van der Waals surface area contributed by atoms with Gasteiger partial charge in [0.05, 0.1) is 17.8 Å². The van der Waals surface area contributed by atoms with Crippen molar-refractivity contribution in [2.24, 2.45) is 0 Å². The average molecular weight is 259 g/mol. The van der Waals surface area contributed by atoms with E-state index in [1.807, 2.05) is 38.1 Å². The summed E-state index contributed by atoms with van der Waals surface area (Å²) in [5, 5.41) is 12.8. The van der Waals surface area contributed by atoms with Crippen LogP contribution in [0.4, 0.5) is 10.1 Å². The van der Waals surface area contributed by atoms with Crippen molar-refractivity contribution in [2.75, 3.05) is 11.9 Å². The van der Waals surface area contributed by atoms with Crippen molar-refractivity contribution in [3.8, 4) is 0 Å². The van der Waals surface area contributed by atoms with Crippen molar-refractivity contribution in [3.05, 3.63) is 65.5 Å². The molecule has 2 N–H and O–H groups in total. The minimum absolute atomic E-state index is 0.121.